The van der Waals surface area contributed by atoms with Crippen LogP contribution in [0.4, 0.5) is 5.82 Å². The molecule has 0 radical (unpaired) electrons. The SMILES string of the molecule is CC(C)(C)c1cc(NCc2cocn2)ncc1Cl. The molecule has 0 saturated heterocycles. The van der Waals surface area contributed by atoms with Gasteiger partial charge in [-0.2, -0.15) is 0 Å². The molecule has 4 nitrogen and oxygen atoms in total. The highest BCUT2D eigenvalue weighted by Crippen LogP contribution is 2.30. The second-order valence-electron chi connectivity index (χ2n) is 5.13. The van der Waals surface area contributed by atoms with E-state index >= 15 is 0 Å². The average Bonchev–Trinajstić information content (AvgIpc) is 2.79. The Morgan fingerprint density at radius 1 is 1.33 bits per heavy atom. The van der Waals surface area contributed by atoms with Gasteiger partial charge in [-0.3, -0.25) is 0 Å². The molecule has 0 aliphatic heterocycles. The van der Waals surface area contributed by atoms with Crippen molar-refractivity contribution in [3.05, 3.63) is 41.2 Å². The van der Waals surface area contributed by atoms with Crippen LogP contribution in [-0.2, 0) is 12.0 Å². The molecule has 18 heavy (non-hydrogen) atoms. The number of halogens is 1. The normalized spacial score (nSPS) is 11.6. The molecule has 0 fully saturated rings. The third-order valence-electron chi connectivity index (χ3n) is 2.60. The van der Waals surface area contributed by atoms with E-state index in [-0.39, 0.29) is 5.41 Å². The Bertz CT molecular complexity index is 518. The Balaban J connectivity index is 2.15. The zero-order valence-corrected chi connectivity index (χ0v) is 11.5. The fourth-order valence-electron chi connectivity index (χ4n) is 1.62. The van der Waals surface area contributed by atoms with E-state index in [1.165, 1.54) is 6.39 Å². The second kappa shape index (κ2) is 4.98. The van der Waals surface area contributed by atoms with Gasteiger partial charge in [0.1, 0.15) is 12.1 Å². The molecule has 0 saturated carbocycles. The van der Waals surface area contributed by atoms with Crippen LogP contribution in [0.3, 0.4) is 0 Å². The molecule has 2 heterocycles. The number of oxazole rings is 1. The number of pyridine rings is 1. The van der Waals surface area contributed by atoms with E-state index < -0.39 is 0 Å². The molecule has 0 spiro atoms. The Labute approximate surface area is 111 Å². The van der Waals surface area contributed by atoms with Gasteiger partial charge in [0.15, 0.2) is 6.39 Å². The Morgan fingerprint density at radius 2 is 2.11 bits per heavy atom. The van der Waals surface area contributed by atoms with E-state index in [0.717, 1.165) is 17.1 Å². The minimum atomic E-state index is -0.00958. The first kappa shape index (κ1) is 12.9. The number of hydrogen-bond acceptors (Lipinski definition) is 4. The van der Waals surface area contributed by atoms with E-state index in [2.05, 4.69) is 36.1 Å². The van der Waals surface area contributed by atoms with Crippen LogP contribution in [0, 0.1) is 0 Å². The zero-order chi connectivity index (χ0) is 13.2. The van der Waals surface area contributed by atoms with Crippen molar-refractivity contribution in [1.29, 1.82) is 0 Å². The van der Waals surface area contributed by atoms with Crippen molar-refractivity contribution in [2.75, 3.05) is 5.32 Å². The Morgan fingerprint density at radius 3 is 2.72 bits per heavy atom. The fraction of sp³-hybridized carbons (Fsp3) is 0.385. The summed E-state index contributed by atoms with van der Waals surface area (Å²) in [7, 11) is 0. The zero-order valence-electron chi connectivity index (χ0n) is 10.7. The van der Waals surface area contributed by atoms with Crippen LogP contribution >= 0.6 is 11.6 Å². The molecule has 0 atom stereocenters. The van der Waals surface area contributed by atoms with Crippen molar-refractivity contribution in [3.63, 3.8) is 0 Å². The monoisotopic (exact) mass is 265 g/mol. The smallest absolute Gasteiger partial charge is 0.180 e. The number of nitrogens with zero attached hydrogens (tertiary/aromatic N) is 2. The van der Waals surface area contributed by atoms with Gasteiger partial charge in [0.2, 0.25) is 0 Å². The molecular weight excluding hydrogens is 250 g/mol. The lowest BCUT2D eigenvalue weighted by molar-refractivity contribution is 0.556. The van der Waals surface area contributed by atoms with Crippen LogP contribution in [0.25, 0.3) is 0 Å². The summed E-state index contributed by atoms with van der Waals surface area (Å²) in [6.45, 7) is 6.94. The Hall–Kier alpha value is -1.55. The van der Waals surface area contributed by atoms with Gasteiger partial charge in [-0.25, -0.2) is 9.97 Å². The summed E-state index contributed by atoms with van der Waals surface area (Å²) < 4.78 is 4.91. The number of anilines is 1. The maximum Gasteiger partial charge on any atom is 0.180 e. The van der Waals surface area contributed by atoms with Gasteiger partial charge in [-0.05, 0) is 17.0 Å². The molecule has 0 aromatic carbocycles. The highest BCUT2D eigenvalue weighted by atomic mass is 35.5. The van der Waals surface area contributed by atoms with Crippen LogP contribution in [0.5, 0.6) is 0 Å². The predicted octanol–water partition coefficient (Wildman–Crippen LogP) is 3.63. The van der Waals surface area contributed by atoms with Gasteiger partial charge < -0.3 is 9.73 Å². The summed E-state index contributed by atoms with van der Waals surface area (Å²) in [5.74, 6) is 0.785. The first-order chi connectivity index (χ1) is 8.47. The van der Waals surface area contributed by atoms with E-state index in [1.54, 1.807) is 12.5 Å². The van der Waals surface area contributed by atoms with Crippen molar-refractivity contribution in [1.82, 2.24) is 9.97 Å². The fourth-order valence-corrected chi connectivity index (χ4v) is 2.00. The van der Waals surface area contributed by atoms with Crippen molar-refractivity contribution in [3.8, 4) is 0 Å². The molecular formula is C13H16ClN3O. The second-order valence-corrected chi connectivity index (χ2v) is 5.54. The molecule has 0 aliphatic rings. The van der Waals surface area contributed by atoms with Crippen molar-refractivity contribution < 1.29 is 4.42 Å². The van der Waals surface area contributed by atoms with Crippen LogP contribution in [0.15, 0.2) is 29.3 Å². The number of nitrogens with one attached hydrogen (secondary N) is 1. The molecule has 2 aromatic rings. The summed E-state index contributed by atoms with van der Waals surface area (Å²) >= 11 is 6.16. The van der Waals surface area contributed by atoms with Crippen molar-refractivity contribution >= 4 is 17.4 Å². The van der Waals surface area contributed by atoms with Gasteiger partial charge in [0.25, 0.3) is 0 Å². The lowest BCUT2D eigenvalue weighted by Crippen LogP contribution is -2.13. The minimum Gasteiger partial charge on any atom is -0.451 e. The first-order valence-corrected chi connectivity index (χ1v) is 6.11. The number of hydrogen-bond donors (Lipinski definition) is 1. The molecule has 2 rings (SSSR count). The molecule has 2 aromatic heterocycles. The third kappa shape index (κ3) is 3.01. The quantitative estimate of drug-likeness (QED) is 0.921. The van der Waals surface area contributed by atoms with Gasteiger partial charge in [-0.1, -0.05) is 32.4 Å². The number of rotatable bonds is 3. The number of aromatic nitrogens is 2. The molecule has 1 N–H and O–H groups in total. The van der Waals surface area contributed by atoms with Crippen LogP contribution in [-0.4, -0.2) is 9.97 Å². The molecule has 0 bridgehead atoms. The van der Waals surface area contributed by atoms with Crippen LogP contribution < -0.4 is 5.32 Å². The summed E-state index contributed by atoms with van der Waals surface area (Å²) in [5.41, 5.74) is 1.90. The summed E-state index contributed by atoms with van der Waals surface area (Å²) in [4.78, 5) is 8.29. The van der Waals surface area contributed by atoms with E-state index in [0.29, 0.717) is 11.6 Å². The summed E-state index contributed by atoms with van der Waals surface area (Å²) in [6, 6.07) is 1.97. The summed E-state index contributed by atoms with van der Waals surface area (Å²) in [6.07, 6.45) is 4.69. The predicted molar refractivity (Wildman–Crippen MR) is 71.8 cm³/mol. The lowest BCUT2D eigenvalue weighted by atomic mass is 9.87. The molecule has 0 aliphatic carbocycles. The average molecular weight is 266 g/mol. The van der Waals surface area contributed by atoms with E-state index in [9.17, 15) is 0 Å². The highest BCUT2D eigenvalue weighted by molar-refractivity contribution is 6.31. The highest BCUT2D eigenvalue weighted by Gasteiger charge is 2.18. The maximum absolute atomic E-state index is 6.16. The van der Waals surface area contributed by atoms with Crippen LogP contribution in [0.1, 0.15) is 32.0 Å². The topological polar surface area (TPSA) is 51.0 Å². The summed E-state index contributed by atoms with van der Waals surface area (Å²) in [5, 5.41) is 3.88. The van der Waals surface area contributed by atoms with E-state index in [4.69, 9.17) is 16.0 Å². The minimum absolute atomic E-state index is 0.00958. The maximum atomic E-state index is 6.16. The molecule has 96 valence electrons. The standard InChI is InChI=1S/C13H16ClN3O/c1-13(2,3)10-4-12(16-6-11(10)14)15-5-9-7-18-8-17-9/h4,6-8H,5H2,1-3H3,(H,15,16). The van der Waals surface area contributed by atoms with Gasteiger partial charge in [-0.15, -0.1) is 0 Å². The molecule has 5 heteroatoms. The molecule has 0 unspecified atom stereocenters. The van der Waals surface area contributed by atoms with Crippen LogP contribution in [0.2, 0.25) is 5.02 Å². The van der Waals surface area contributed by atoms with E-state index in [1.807, 2.05) is 6.07 Å². The third-order valence-corrected chi connectivity index (χ3v) is 2.90. The van der Waals surface area contributed by atoms with Crippen molar-refractivity contribution in [2.45, 2.75) is 32.7 Å². The van der Waals surface area contributed by atoms with Gasteiger partial charge in [0, 0.05) is 6.20 Å². The first-order valence-electron chi connectivity index (χ1n) is 5.74. The van der Waals surface area contributed by atoms with Gasteiger partial charge >= 0.3 is 0 Å². The largest absolute Gasteiger partial charge is 0.451 e. The van der Waals surface area contributed by atoms with Gasteiger partial charge in [0.05, 0.1) is 17.3 Å². The molecule has 0 amide bonds. The Kier molecular flexibility index (Phi) is 3.57. The van der Waals surface area contributed by atoms with Crippen molar-refractivity contribution in [2.24, 2.45) is 0 Å². The lowest BCUT2D eigenvalue weighted by Gasteiger charge is -2.21.